The standard InChI is InChI=1S/C17H27NO2S/c1-5-20-16(19)14-13(10-21-15(14)18)11-6-8-12(9-7-11)17(2,3)4/h10-12H,5-9,18H2,1-4H3/t11-,12-. The highest BCUT2D eigenvalue weighted by molar-refractivity contribution is 7.14. The van der Waals surface area contributed by atoms with Crippen LogP contribution >= 0.6 is 11.3 Å². The molecule has 0 atom stereocenters. The minimum atomic E-state index is -0.260. The van der Waals surface area contributed by atoms with Crippen molar-refractivity contribution in [3.63, 3.8) is 0 Å². The first-order valence-corrected chi connectivity index (χ1v) is 8.76. The Labute approximate surface area is 131 Å². The number of thiophene rings is 1. The van der Waals surface area contributed by atoms with Crippen LogP contribution in [0.4, 0.5) is 5.00 Å². The van der Waals surface area contributed by atoms with Gasteiger partial charge in [-0.3, -0.25) is 0 Å². The van der Waals surface area contributed by atoms with Gasteiger partial charge in [-0.15, -0.1) is 11.3 Å². The van der Waals surface area contributed by atoms with Crippen molar-refractivity contribution in [1.82, 2.24) is 0 Å². The van der Waals surface area contributed by atoms with Crippen LogP contribution in [0.5, 0.6) is 0 Å². The normalized spacial score (nSPS) is 23.0. The summed E-state index contributed by atoms with van der Waals surface area (Å²) < 4.78 is 5.16. The SMILES string of the molecule is CCOC(=O)c1c(N)scc1[C@H]1CC[C@H](C(C)(C)C)CC1. The molecule has 1 saturated carbocycles. The molecule has 118 valence electrons. The van der Waals surface area contributed by atoms with Crippen LogP contribution in [0.2, 0.25) is 0 Å². The molecule has 0 aliphatic heterocycles. The molecule has 1 aliphatic carbocycles. The summed E-state index contributed by atoms with van der Waals surface area (Å²) in [5.41, 5.74) is 8.11. The van der Waals surface area contributed by atoms with Gasteiger partial charge in [0.2, 0.25) is 0 Å². The van der Waals surface area contributed by atoms with Crippen molar-refractivity contribution in [2.75, 3.05) is 12.3 Å². The molecular formula is C17H27NO2S. The molecule has 0 aromatic carbocycles. The summed E-state index contributed by atoms with van der Waals surface area (Å²) in [4.78, 5) is 12.1. The number of ether oxygens (including phenoxy) is 1. The predicted molar refractivity (Wildman–Crippen MR) is 88.8 cm³/mol. The minimum absolute atomic E-state index is 0.260. The molecule has 2 N–H and O–H groups in total. The van der Waals surface area contributed by atoms with Gasteiger partial charge in [0, 0.05) is 0 Å². The highest BCUT2D eigenvalue weighted by atomic mass is 32.1. The van der Waals surface area contributed by atoms with Gasteiger partial charge >= 0.3 is 5.97 Å². The molecule has 0 radical (unpaired) electrons. The Morgan fingerprint density at radius 1 is 1.33 bits per heavy atom. The number of anilines is 1. The first-order chi connectivity index (χ1) is 9.84. The van der Waals surface area contributed by atoms with E-state index in [0.29, 0.717) is 28.5 Å². The summed E-state index contributed by atoms with van der Waals surface area (Å²) in [6.07, 6.45) is 4.74. The highest BCUT2D eigenvalue weighted by Gasteiger charge is 2.32. The molecule has 1 fully saturated rings. The molecule has 4 heteroatoms. The number of esters is 1. The van der Waals surface area contributed by atoms with Crippen molar-refractivity contribution in [2.24, 2.45) is 11.3 Å². The van der Waals surface area contributed by atoms with Gasteiger partial charge in [-0.1, -0.05) is 20.8 Å². The Kier molecular flexibility index (Phi) is 4.97. The minimum Gasteiger partial charge on any atom is -0.462 e. The second-order valence-electron chi connectivity index (χ2n) is 7.07. The molecule has 21 heavy (non-hydrogen) atoms. The first-order valence-electron chi connectivity index (χ1n) is 7.88. The molecule has 0 spiro atoms. The third-order valence-corrected chi connectivity index (χ3v) is 5.55. The number of nitrogen functional groups attached to an aromatic ring is 1. The van der Waals surface area contributed by atoms with Crippen LogP contribution in [0, 0.1) is 11.3 Å². The van der Waals surface area contributed by atoms with E-state index in [0.717, 1.165) is 24.3 Å². The zero-order valence-electron chi connectivity index (χ0n) is 13.6. The summed E-state index contributed by atoms with van der Waals surface area (Å²) in [6, 6.07) is 0. The summed E-state index contributed by atoms with van der Waals surface area (Å²) in [5.74, 6) is 0.969. The van der Waals surface area contributed by atoms with E-state index in [1.807, 2.05) is 6.92 Å². The fourth-order valence-corrected chi connectivity index (χ4v) is 4.26. The summed E-state index contributed by atoms with van der Waals surface area (Å²) in [7, 11) is 0. The van der Waals surface area contributed by atoms with E-state index in [2.05, 4.69) is 26.2 Å². The van der Waals surface area contributed by atoms with E-state index in [1.54, 1.807) is 0 Å². The average molecular weight is 309 g/mol. The van der Waals surface area contributed by atoms with Crippen LogP contribution in [-0.2, 0) is 4.74 Å². The fourth-order valence-electron chi connectivity index (χ4n) is 3.38. The molecule has 0 unspecified atom stereocenters. The van der Waals surface area contributed by atoms with Gasteiger partial charge in [-0.25, -0.2) is 4.79 Å². The first kappa shape index (κ1) is 16.3. The van der Waals surface area contributed by atoms with Crippen molar-refractivity contribution in [3.8, 4) is 0 Å². The lowest BCUT2D eigenvalue weighted by Gasteiger charge is -2.37. The Bertz CT molecular complexity index is 493. The lowest BCUT2D eigenvalue weighted by molar-refractivity contribution is 0.0525. The number of hydrogen-bond acceptors (Lipinski definition) is 4. The maximum atomic E-state index is 12.1. The molecule has 3 nitrogen and oxygen atoms in total. The molecule has 1 aromatic rings. The van der Waals surface area contributed by atoms with Crippen molar-refractivity contribution >= 4 is 22.3 Å². The molecule has 1 aliphatic rings. The summed E-state index contributed by atoms with van der Waals surface area (Å²) in [6.45, 7) is 9.19. The van der Waals surface area contributed by atoms with Crippen molar-refractivity contribution < 1.29 is 9.53 Å². The van der Waals surface area contributed by atoms with Gasteiger partial charge in [0.25, 0.3) is 0 Å². The fraction of sp³-hybridized carbons (Fsp3) is 0.706. The molecule has 0 saturated heterocycles. The zero-order chi connectivity index (χ0) is 15.6. The quantitative estimate of drug-likeness (QED) is 0.814. The van der Waals surface area contributed by atoms with Crippen molar-refractivity contribution in [1.29, 1.82) is 0 Å². The highest BCUT2D eigenvalue weighted by Crippen LogP contribution is 2.45. The van der Waals surface area contributed by atoms with Gasteiger partial charge in [-0.2, -0.15) is 0 Å². The van der Waals surface area contributed by atoms with Crippen molar-refractivity contribution in [2.45, 2.75) is 59.3 Å². The third-order valence-electron chi connectivity index (χ3n) is 4.72. The summed E-state index contributed by atoms with van der Waals surface area (Å²) in [5, 5.41) is 2.66. The maximum absolute atomic E-state index is 12.1. The van der Waals surface area contributed by atoms with E-state index in [-0.39, 0.29) is 5.97 Å². The van der Waals surface area contributed by atoms with Crippen LogP contribution in [0.15, 0.2) is 5.38 Å². The van der Waals surface area contributed by atoms with E-state index < -0.39 is 0 Å². The number of carbonyl (C=O) groups excluding carboxylic acids is 1. The number of carbonyl (C=O) groups is 1. The van der Waals surface area contributed by atoms with Crippen LogP contribution in [0.1, 0.15) is 75.2 Å². The topological polar surface area (TPSA) is 52.3 Å². The second kappa shape index (κ2) is 6.39. The van der Waals surface area contributed by atoms with E-state index in [9.17, 15) is 4.79 Å². The smallest absolute Gasteiger partial charge is 0.341 e. The molecule has 2 rings (SSSR count). The Balaban J connectivity index is 2.12. The van der Waals surface area contributed by atoms with Crippen LogP contribution < -0.4 is 5.73 Å². The average Bonchev–Trinajstić information content (AvgIpc) is 2.80. The van der Waals surface area contributed by atoms with E-state index in [4.69, 9.17) is 10.5 Å². The van der Waals surface area contributed by atoms with Crippen LogP contribution in [0.25, 0.3) is 0 Å². The molecule has 0 bridgehead atoms. The van der Waals surface area contributed by atoms with Crippen LogP contribution in [0.3, 0.4) is 0 Å². The van der Waals surface area contributed by atoms with Gasteiger partial charge in [-0.05, 0) is 60.8 Å². The zero-order valence-corrected chi connectivity index (χ0v) is 14.4. The Morgan fingerprint density at radius 3 is 2.48 bits per heavy atom. The number of nitrogens with two attached hydrogens (primary N) is 1. The Morgan fingerprint density at radius 2 is 1.95 bits per heavy atom. The lowest BCUT2D eigenvalue weighted by atomic mass is 9.68. The van der Waals surface area contributed by atoms with E-state index in [1.165, 1.54) is 24.2 Å². The summed E-state index contributed by atoms with van der Waals surface area (Å²) >= 11 is 1.46. The lowest BCUT2D eigenvalue weighted by Crippen LogP contribution is -2.25. The van der Waals surface area contributed by atoms with Crippen molar-refractivity contribution in [3.05, 3.63) is 16.5 Å². The largest absolute Gasteiger partial charge is 0.462 e. The second-order valence-corrected chi connectivity index (χ2v) is 7.98. The molecular weight excluding hydrogens is 282 g/mol. The molecule has 1 aromatic heterocycles. The maximum Gasteiger partial charge on any atom is 0.341 e. The predicted octanol–water partition coefficient (Wildman–Crippen LogP) is 4.83. The number of rotatable bonds is 3. The monoisotopic (exact) mass is 309 g/mol. The van der Waals surface area contributed by atoms with Gasteiger partial charge in [0.05, 0.1) is 12.2 Å². The Hall–Kier alpha value is -1.03. The number of hydrogen-bond donors (Lipinski definition) is 1. The molecule has 1 heterocycles. The third kappa shape index (κ3) is 3.60. The van der Waals surface area contributed by atoms with Gasteiger partial charge in [0.15, 0.2) is 0 Å². The van der Waals surface area contributed by atoms with Crippen LogP contribution in [-0.4, -0.2) is 12.6 Å². The van der Waals surface area contributed by atoms with Gasteiger partial charge in [0.1, 0.15) is 5.00 Å². The molecule has 0 amide bonds. The van der Waals surface area contributed by atoms with Gasteiger partial charge < -0.3 is 10.5 Å². The van der Waals surface area contributed by atoms with E-state index >= 15 is 0 Å².